The van der Waals surface area contributed by atoms with E-state index in [0.29, 0.717) is 32.3 Å². The molecule has 1 atom stereocenters. The van der Waals surface area contributed by atoms with E-state index in [-0.39, 0.29) is 17.3 Å². The SMILES string of the molecule is CN=C(NCCOCC1CCCO1)NCC(C)(C)c1cccc(F)c1. The summed E-state index contributed by atoms with van der Waals surface area (Å²) >= 11 is 0. The van der Waals surface area contributed by atoms with Gasteiger partial charge in [-0.3, -0.25) is 4.99 Å². The first kappa shape index (κ1) is 19.7. The number of aliphatic imine (C=N–C) groups is 1. The predicted octanol–water partition coefficient (Wildman–Crippen LogP) is 2.46. The van der Waals surface area contributed by atoms with Gasteiger partial charge in [-0.2, -0.15) is 0 Å². The highest BCUT2D eigenvalue weighted by atomic mass is 19.1. The number of ether oxygens (including phenoxy) is 2. The molecule has 1 fully saturated rings. The molecule has 1 heterocycles. The van der Waals surface area contributed by atoms with Crippen molar-refractivity contribution in [2.45, 2.75) is 38.2 Å². The molecule has 2 rings (SSSR count). The Hall–Kier alpha value is -1.66. The van der Waals surface area contributed by atoms with Crippen LogP contribution in [0.3, 0.4) is 0 Å². The Labute approximate surface area is 150 Å². The van der Waals surface area contributed by atoms with Crippen molar-refractivity contribution in [2.75, 3.05) is 40.0 Å². The topological polar surface area (TPSA) is 54.9 Å². The lowest BCUT2D eigenvalue weighted by Gasteiger charge is -2.27. The molecule has 140 valence electrons. The van der Waals surface area contributed by atoms with Crippen LogP contribution in [-0.4, -0.2) is 52.0 Å². The summed E-state index contributed by atoms with van der Waals surface area (Å²) in [6, 6.07) is 6.73. The Bertz CT molecular complexity index is 557. The molecule has 1 aliphatic heterocycles. The second-order valence-corrected chi connectivity index (χ2v) is 6.96. The van der Waals surface area contributed by atoms with Crippen molar-refractivity contribution in [3.8, 4) is 0 Å². The van der Waals surface area contributed by atoms with Crippen LogP contribution in [0.4, 0.5) is 4.39 Å². The number of nitrogens with zero attached hydrogens (tertiary/aromatic N) is 1. The zero-order chi connectivity index (χ0) is 18.1. The van der Waals surface area contributed by atoms with E-state index in [9.17, 15) is 4.39 Å². The van der Waals surface area contributed by atoms with E-state index in [1.807, 2.05) is 6.07 Å². The van der Waals surface area contributed by atoms with Gasteiger partial charge in [-0.25, -0.2) is 4.39 Å². The lowest BCUT2D eigenvalue weighted by atomic mass is 9.84. The van der Waals surface area contributed by atoms with Crippen molar-refractivity contribution in [3.63, 3.8) is 0 Å². The summed E-state index contributed by atoms with van der Waals surface area (Å²) < 4.78 is 24.6. The number of nitrogens with one attached hydrogen (secondary N) is 2. The zero-order valence-corrected chi connectivity index (χ0v) is 15.5. The normalized spacial score (nSPS) is 18.4. The Morgan fingerprint density at radius 3 is 2.92 bits per heavy atom. The van der Waals surface area contributed by atoms with Crippen LogP contribution >= 0.6 is 0 Å². The van der Waals surface area contributed by atoms with Crippen LogP contribution in [0.2, 0.25) is 0 Å². The quantitative estimate of drug-likeness (QED) is 0.429. The van der Waals surface area contributed by atoms with Crippen molar-refractivity contribution < 1.29 is 13.9 Å². The molecule has 1 aliphatic rings. The van der Waals surface area contributed by atoms with Crippen LogP contribution < -0.4 is 10.6 Å². The fraction of sp³-hybridized carbons (Fsp3) is 0.632. The minimum atomic E-state index is -0.212. The summed E-state index contributed by atoms with van der Waals surface area (Å²) in [6.45, 7) is 7.58. The van der Waals surface area contributed by atoms with E-state index in [0.717, 1.165) is 25.0 Å². The zero-order valence-electron chi connectivity index (χ0n) is 15.5. The molecule has 2 N–H and O–H groups in total. The fourth-order valence-corrected chi connectivity index (χ4v) is 2.77. The van der Waals surface area contributed by atoms with Crippen molar-refractivity contribution in [2.24, 2.45) is 4.99 Å². The van der Waals surface area contributed by atoms with Crippen LogP contribution in [0.25, 0.3) is 0 Å². The second-order valence-electron chi connectivity index (χ2n) is 6.96. The van der Waals surface area contributed by atoms with E-state index < -0.39 is 0 Å². The highest BCUT2D eigenvalue weighted by Gasteiger charge is 2.21. The number of halogens is 1. The molecule has 0 radical (unpaired) electrons. The third-order valence-corrected chi connectivity index (χ3v) is 4.39. The molecule has 1 aromatic rings. The van der Waals surface area contributed by atoms with Crippen molar-refractivity contribution in [1.82, 2.24) is 10.6 Å². The van der Waals surface area contributed by atoms with E-state index in [4.69, 9.17) is 9.47 Å². The highest BCUT2D eigenvalue weighted by Crippen LogP contribution is 2.22. The van der Waals surface area contributed by atoms with Crippen LogP contribution in [0.5, 0.6) is 0 Å². The van der Waals surface area contributed by atoms with E-state index in [1.165, 1.54) is 6.07 Å². The van der Waals surface area contributed by atoms with E-state index in [1.54, 1.807) is 19.2 Å². The van der Waals surface area contributed by atoms with Crippen molar-refractivity contribution >= 4 is 5.96 Å². The van der Waals surface area contributed by atoms with Gasteiger partial charge in [-0.15, -0.1) is 0 Å². The van der Waals surface area contributed by atoms with Gasteiger partial charge in [-0.1, -0.05) is 26.0 Å². The summed E-state index contributed by atoms with van der Waals surface area (Å²) in [5.41, 5.74) is 0.742. The monoisotopic (exact) mass is 351 g/mol. The molecule has 0 aromatic heterocycles. The van der Waals surface area contributed by atoms with Gasteiger partial charge in [0.05, 0.1) is 19.3 Å². The molecule has 1 unspecified atom stereocenters. The summed E-state index contributed by atoms with van der Waals surface area (Å²) in [4.78, 5) is 4.22. The first-order valence-electron chi connectivity index (χ1n) is 8.91. The number of hydrogen-bond acceptors (Lipinski definition) is 3. The third kappa shape index (κ3) is 6.63. The highest BCUT2D eigenvalue weighted by molar-refractivity contribution is 5.79. The number of benzene rings is 1. The number of rotatable bonds is 8. The maximum absolute atomic E-state index is 13.4. The first-order valence-corrected chi connectivity index (χ1v) is 8.91. The van der Waals surface area contributed by atoms with Gasteiger partial charge in [0.1, 0.15) is 5.82 Å². The standard InChI is InChI=1S/C19H30FN3O2/c1-19(2,15-6-4-7-16(20)12-15)14-23-18(21-3)22-9-11-24-13-17-8-5-10-25-17/h4,6-7,12,17H,5,8-11,13-14H2,1-3H3,(H2,21,22,23). The molecule has 5 nitrogen and oxygen atoms in total. The Kier molecular flexibility index (Phi) is 7.65. The molecule has 0 bridgehead atoms. The molecule has 6 heteroatoms. The molecule has 0 amide bonds. The van der Waals surface area contributed by atoms with Gasteiger partial charge >= 0.3 is 0 Å². The maximum Gasteiger partial charge on any atom is 0.191 e. The smallest absolute Gasteiger partial charge is 0.191 e. The summed E-state index contributed by atoms with van der Waals surface area (Å²) in [7, 11) is 1.73. The predicted molar refractivity (Wildman–Crippen MR) is 98.6 cm³/mol. The first-order chi connectivity index (χ1) is 12.0. The van der Waals surface area contributed by atoms with Crippen molar-refractivity contribution in [3.05, 3.63) is 35.6 Å². The number of hydrogen-bond donors (Lipinski definition) is 2. The largest absolute Gasteiger partial charge is 0.377 e. The van der Waals surface area contributed by atoms with Crippen LogP contribution in [0.15, 0.2) is 29.3 Å². The van der Waals surface area contributed by atoms with Gasteiger partial charge in [0.2, 0.25) is 0 Å². The lowest BCUT2D eigenvalue weighted by Crippen LogP contribution is -2.44. The van der Waals surface area contributed by atoms with Crippen LogP contribution in [0, 0.1) is 5.82 Å². The average Bonchev–Trinajstić information content (AvgIpc) is 3.10. The minimum Gasteiger partial charge on any atom is -0.377 e. The molecule has 0 aliphatic carbocycles. The lowest BCUT2D eigenvalue weighted by molar-refractivity contribution is 0.0191. The minimum absolute atomic E-state index is 0.212. The fourth-order valence-electron chi connectivity index (χ4n) is 2.77. The summed E-state index contributed by atoms with van der Waals surface area (Å²) in [6.07, 6.45) is 2.47. The molecular formula is C19H30FN3O2. The Morgan fingerprint density at radius 2 is 2.24 bits per heavy atom. The van der Waals surface area contributed by atoms with Gasteiger partial charge < -0.3 is 20.1 Å². The molecule has 1 aromatic carbocycles. The number of guanidine groups is 1. The molecular weight excluding hydrogens is 321 g/mol. The average molecular weight is 351 g/mol. The molecule has 0 saturated carbocycles. The second kappa shape index (κ2) is 9.73. The summed E-state index contributed by atoms with van der Waals surface area (Å²) in [5.74, 6) is 0.502. The Morgan fingerprint density at radius 1 is 1.40 bits per heavy atom. The third-order valence-electron chi connectivity index (χ3n) is 4.39. The summed E-state index contributed by atoms with van der Waals surface area (Å²) in [5, 5.41) is 6.53. The van der Waals surface area contributed by atoms with Gasteiger partial charge in [0.25, 0.3) is 0 Å². The van der Waals surface area contributed by atoms with E-state index >= 15 is 0 Å². The molecule has 25 heavy (non-hydrogen) atoms. The maximum atomic E-state index is 13.4. The van der Waals surface area contributed by atoms with Gasteiger partial charge in [-0.05, 0) is 30.5 Å². The van der Waals surface area contributed by atoms with Crippen LogP contribution in [0.1, 0.15) is 32.3 Å². The van der Waals surface area contributed by atoms with Crippen molar-refractivity contribution in [1.29, 1.82) is 0 Å². The van der Waals surface area contributed by atoms with Gasteiger partial charge in [0, 0.05) is 32.2 Å². The van der Waals surface area contributed by atoms with Crippen LogP contribution in [-0.2, 0) is 14.9 Å². The van der Waals surface area contributed by atoms with E-state index in [2.05, 4.69) is 29.5 Å². The Balaban J connectivity index is 1.68. The molecule has 1 saturated heterocycles. The van der Waals surface area contributed by atoms with Gasteiger partial charge in [0.15, 0.2) is 5.96 Å². The molecule has 0 spiro atoms.